The molecule has 6 heteroatoms. The molecule has 0 unspecified atom stereocenters. The van der Waals surface area contributed by atoms with E-state index >= 15 is 0 Å². The van der Waals surface area contributed by atoms with E-state index < -0.39 is 0 Å². The lowest BCUT2D eigenvalue weighted by molar-refractivity contribution is -0.118. The minimum absolute atomic E-state index is 0.0690. The minimum Gasteiger partial charge on any atom is -0.345 e. The molecule has 0 aliphatic rings. The van der Waals surface area contributed by atoms with E-state index in [1.54, 1.807) is 24.1 Å². The summed E-state index contributed by atoms with van der Waals surface area (Å²) in [6.07, 6.45) is 0. The van der Waals surface area contributed by atoms with Crippen molar-refractivity contribution in [2.75, 3.05) is 11.9 Å². The maximum Gasteiger partial charge on any atom is 0.251 e. The number of rotatable bonds is 6. The van der Waals surface area contributed by atoms with Crippen molar-refractivity contribution in [3.8, 4) is 0 Å². The standard InChI is InChI=1S/C25H24N4O2/c1-18-12-14-19(15-13-18)25(31)26-16-23-27-21-10-6-7-11-22(21)29(23)17-24(30)28(2)20-8-4-3-5-9-20/h3-15H,16-17H2,1-2H3,(H,26,31). The van der Waals surface area contributed by atoms with Crippen LogP contribution in [0.2, 0.25) is 0 Å². The van der Waals surface area contributed by atoms with Crippen LogP contribution in [0.1, 0.15) is 21.7 Å². The van der Waals surface area contributed by atoms with Crippen molar-refractivity contribution in [2.24, 2.45) is 0 Å². The Morgan fingerprint density at radius 1 is 0.935 bits per heavy atom. The van der Waals surface area contributed by atoms with Gasteiger partial charge in [-0.15, -0.1) is 0 Å². The molecule has 0 fully saturated rings. The van der Waals surface area contributed by atoms with Crippen LogP contribution in [-0.4, -0.2) is 28.4 Å². The number of para-hydroxylation sites is 3. The molecule has 0 atom stereocenters. The summed E-state index contributed by atoms with van der Waals surface area (Å²) in [7, 11) is 1.76. The summed E-state index contributed by atoms with van der Waals surface area (Å²) in [5, 5.41) is 2.92. The number of aromatic nitrogens is 2. The zero-order valence-corrected chi connectivity index (χ0v) is 17.6. The van der Waals surface area contributed by atoms with Gasteiger partial charge in [-0.05, 0) is 43.3 Å². The molecule has 0 saturated heterocycles. The first-order valence-corrected chi connectivity index (χ1v) is 10.1. The zero-order chi connectivity index (χ0) is 21.8. The number of likely N-dealkylation sites (N-methyl/N-ethyl adjacent to an activating group) is 1. The van der Waals surface area contributed by atoms with E-state index in [1.807, 2.05) is 78.2 Å². The maximum atomic E-state index is 13.0. The van der Waals surface area contributed by atoms with Crippen LogP contribution < -0.4 is 10.2 Å². The first-order chi connectivity index (χ1) is 15.0. The Hall–Kier alpha value is -3.93. The van der Waals surface area contributed by atoms with Crippen LogP contribution in [0.5, 0.6) is 0 Å². The summed E-state index contributed by atoms with van der Waals surface area (Å²) < 4.78 is 1.87. The molecule has 156 valence electrons. The Morgan fingerprint density at radius 2 is 1.61 bits per heavy atom. The number of fused-ring (bicyclic) bond motifs is 1. The molecule has 0 bridgehead atoms. The molecule has 1 N–H and O–H groups in total. The molecular weight excluding hydrogens is 388 g/mol. The van der Waals surface area contributed by atoms with Crippen LogP contribution in [0.3, 0.4) is 0 Å². The predicted molar refractivity (Wildman–Crippen MR) is 122 cm³/mol. The molecule has 0 radical (unpaired) electrons. The number of aryl methyl sites for hydroxylation is 1. The fourth-order valence-corrected chi connectivity index (χ4v) is 3.44. The molecule has 0 aliphatic heterocycles. The van der Waals surface area contributed by atoms with Crippen LogP contribution in [-0.2, 0) is 17.9 Å². The Bertz CT molecular complexity index is 1210. The van der Waals surface area contributed by atoms with E-state index in [4.69, 9.17) is 0 Å². The third-order valence-electron chi connectivity index (χ3n) is 5.27. The molecule has 31 heavy (non-hydrogen) atoms. The lowest BCUT2D eigenvalue weighted by Crippen LogP contribution is -2.31. The number of hydrogen-bond acceptors (Lipinski definition) is 3. The number of anilines is 1. The lowest BCUT2D eigenvalue weighted by Gasteiger charge is -2.19. The Balaban J connectivity index is 1.56. The van der Waals surface area contributed by atoms with Crippen LogP contribution in [0, 0.1) is 6.92 Å². The first-order valence-electron chi connectivity index (χ1n) is 10.1. The number of benzene rings is 3. The summed E-state index contributed by atoms with van der Waals surface area (Å²) in [4.78, 5) is 31.8. The normalized spacial score (nSPS) is 10.8. The van der Waals surface area contributed by atoms with Gasteiger partial charge in [0.15, 0.2) is 0 Å². The van der Waals surface area contributed by atoms with Crippen molar-refractivity contribution in [3.05, 3.63) is 95.8 Å². The van der Waals surface area contributed by atoms with Crippen molar-refractivity contribution in [3.63, 3.8) is 0 Å². The van der Waals surface area contributed by atoms with Crippen LogP contribution >= 0.6 is 0 Å². The highest BCUT2D eigenvalue weighted by Crippen LogP contribution is 2.18. The highest BCUT2D eigenvalue weighted by molar-refractivity contribution is 5.95. The number of imidazole rings is 1. The molecule has 1 aromatic heterocycles. The van der Waals surface area contributed by atoms with Crippen molar-refractivity contribution < 1.29 is 9.59 Å². The third kappa shape index (κ3) is 4.48. The van der Waals surface area contributed by atoms with E-state index in [0.29, 0.717) is 11.4 Å². The zero-order valence-electron chi connectivity index (χ0n) is 17.6. The summed E-state index contributed by atoms with van der Waals surface area (Å²) >= 11 is 0. The summed E-state index contributed by atoms with van der Waals surface area (Å²) in [5.74, 6) is 0.392. The van der Waals surface area contributed by atoms with E-state index in [-0.39, 0.29) is 24.9 Å². The van der Waals surface area contributed by atoms with Crippen LogP contribution in [0.15, 0.2) is 78.9 Å². The molecule has 3 aromatic carbocycles. The average Bonchev–Trinajstić information content (AvgIpc) is 3.15. The fraction of sp³-hybridized carbons (Fsp3) is 0.160. The SMILES string of the molecule is Cc1ccc(C(=O)NCc2nc3ccccc3n2CC(=O)N(C)c2ccccc2)cc1. The summed E-state index contributed by atoms with van der Waals surface area (Å²) in [6, 6.07) is 24.6. The molecule has 6 nitrogen and oxygen atoms in total. The molecular formula is C25H24N4O2. The topological polar surface area (TPSA) is 67.2 Å². The van der Waals surface area contributed by atoms with E-state index in [9.17, 15) is 9.59 Å². The van der Waals surface area contributed by atoms with Gasteiger partial charge >= 0.3 is 0 Å². The van der Waals surface area contributed by atoms with Crippen molar-refractivity contribution in [1.29, 1.82) is 0 Å². The fourth-order valence-electron chi connectivity index (χ4n) is 3.44. The number of carbonyl (C=O) groups excluding carboxylic acids is 2. The number of nitrogens with zero attached hydrogens (tertiary/aromatic N) is 3. The van der Waals surface area contributed by atoms with E-state index in [2.05, 4.69) is 10.3 Å². The predicted octanol–water partition coefficient (Wildman–Crippen LogP) is 3.94. The quantitative estimate of drug-likeness (QED) is 0.522. The second-order valence-electron chi connectivity index (χ2n) is 7.44. The molecule has 1 heterocycles. The van der Waals surface area contributed by atoms with Crippen LogP contribution in [0.4, 0.5) is 5.69 Å². The van der Waals surface area contributed by atoms with Gasteiger partial charge in [-0.25, -0.2) is 4.98 Å². The summed E-state index contributed by atoms with van der Waals surface area (Å²) in [5.41, 5.74) is 4.16. The molecule has 4 aromatic rings. The highest BCUT2D eigenvalue weighted by atomic mass is 16.2. The Kier molecular flexibility index (Phi) is 5.80. The molecule has 0 spiro atoms. The van der Waals surface area contributed by atoms with Gasteiger partial charge in [0.25, 0.3) is 5.91 Å². The Labute approximate surface area is 181 Å². The summed E-state index contributed by atoms with van der Waals surface area (Å²) in [6.45, 7) is 2.33. The van der Waals surface area contributed by atoms with Gasteiger partial charge in [-0.3, -0.25) is 9.59 Å². The molecule has 2 amide bonds. The van der Waals surface area contributed by atoms with Crippen molar-refractivity contribution in [2.45, 2.75) is 20.0 Å². The molecule has 0 saturated carbocycles. The van der Waals surface area contributed by atoms with Gasteiger partial charge in [0, 0.05) is 18.3 Å². The monoisotopic (exact) mass is 412 g/mol. The van der Waals surface area contributed by atoms with Gasteiger partial charge in [0.1, 0.15) is 12.4 Å². The van der Waals surface area contributed by atoms with Gasteiger partial charge in [-0.2, -0.15) is 0 Å². The molecule has 0 aliphatic carbocycles. The number of carbonyl (C=O) groups is 2. The van der Waals surface area contributed by atoms with E-state index in [1.165, 1.54) is 0 Å². The second kappa shape index (κ2) is 8.83. The number of amides is 2. The van der Waals surface area contributed by atoms with Crippen molar-refractivity contribution >= 4 is 28.5 Å². The largest absolute Gasteiger partial charge is 0.345 e. The smallest absolute Gasteiger partial charge is 0.251 e. The van der Waals surface area contributed by atoms with Gasteiger partial charge in [-0.1, -0.05) is 48.0 Å². The second-order valence-corrected chi connectivity index (χ2v) is 7.44. The first kappa shape index (κ1) is 20.3. The highest BCUT2D eigenvalue weighted by Gasteiger charge is 2.17. The van der Waals surface area contributed by atoms with Gasteiger partial charge in [0.05, 0.1) is 17.6 Å². The van der Waals surface area contributed by atoms with Gasteiger partial charge in [0.2, 0.25) is 5.91 Å². The van der Waals surface area contributed by atoms with E-state index in [0.717, 1.165) is 22.3 Å². The molecule has 4 rings (SSSR count). The van der Waals surface area contributed by atoms with Crippen molar-refractivity contribution in [1.82, 2.24) is 14.9 Å². The van der Waals surface area contributed by atoms with Crippen LogP contribution in [0.25, 0.3) is 11.0 Å². The minimum atomic E-state index is -0.175. The Morgan fingerprint density at radius 3 is 2.35 bits per heavy atom. The lowest BCUT2D eigenvalue weighted by atomic mass is 10.1. The average molecular weight is 412 g/mol. The maximum absolute atomic E-state index is 13.0. The number of hydrogen-bond donors (Lipinski definition) is 1. The van der Waals surface area contributed by atoms with Gasteiger partial charge < -0.3 is 14.8 Å². The third-order valence-corrected chi connectivity index (χ3v) is 5.27. The number of nitrogens with one attached hydrogen (secondary N) is 1.